The SMILES string of the molecule is COc1ccc(/C=C/C(=O)OCC(=O)N[C@H]2CCC[C@H](C)[C@H]2C)cc1OC. The van der Waals surface area contributed by atoms with Crippen LogP contribution in [0.4, 0.5) is 0 Å². The van der Waals surface area contributed by atoms with Crippen LogP contribution in [0.5, 0.6) is 11.5 Å². The molecule has 1 fully saturated rings. The van der Waals surface area contributed by atoms with Gasteiger partial charge in [0.2, 0.25) is 0 Å². The summed E-state index contributed by atoms with van der Waals surface area (Å²) < 4.78 is 15.4. The van der Waals surface area contributed by atoms with Crippen molar-refractivity contribution in [2.75, 3.05) is 20.8 Å². The Bertz CT molecular complexity index is 685. The van der Waals surface area contributed by atoms with Gasteiger partial charge in [-0.05, 0) is 42.0 Å². The Balaban J connectivity index is 1.81. The first-order valence-electron chi connectivity index (χ1n) is 9.30. The molecule has 0 saturated heterocycles. The maximum Gasteiger partial charge on any atom is 0.331 e. The molecule has 1 aliphatic rings. The second kappa shape index (κ2) is 10.00. The van der Waals surface area contributed by atoms with Gasteiger partial charge in [-0.25, -0.2) is 4.79 Å². The largest absolute Gasteiger partial charge is 0.493 e. The van der Waals surface area contributed by atoms with Crippen LogP contribution in [0.3, 0.4) is 0 Å². The molecule has 0 radical (unpaired) electrons. The van der Waals surface area contributed by atoms with E-state index in [9.17, 15) is 9.59 Å². The van der Waals surface area contributed by atoms with Gasteiger partial charge in [-0.2, -0.15) is 0 Å². The fraction of sp³-hybridized carbons (Fsp3) is 0.524. The first kappa shape index (κ1) is 20.8. The number of nitrogens with one attached hydrogen (secondary N) is 1. The van der Waals surface area contributed by atoms with Crippen LogP contribution in [0.1, 0.15) is 38.7 Å². The van der Waals surface area contributed by atoms with Crippen molar-refractivity contribution in [3.8, 4) is 11.5 Å². The first-order chi connectivity index (χ1) is 12.9. The molecule has 6 nitrogen and oxygen atoms in total. The van der Waals surface area contributed by atoms with Crippen molar-refractivity contribution in [1.29, 1.82) is 0 Å². The zero-order valence-corrected chi connectivity index (χ0v) is 16.5. The maximum atomic E-state index is 12.1. The van der Waals surface area contributed by atoms with Crippen LogP contribution >= 0.6 is 0 Å². The van der Waals surface area contributed by atoms with Crippen molar-refractivity contribution in [1.82, 2.24) is 5.32 Å². The summed E-state index contributed by atoms with van der Waals surface area (Å²) in [5.41, 5.74) is 0.763. The lowest BCUT2D eigenvalue weighted by molar-refractivity contribution is -0.144. The lowest BCUT2D eigenvalue weighted by Crippen LogP contribution is -2.45. The number of benzene rings is 1. The third-order valence-electron chi connectivity index (χ3n) is 5.22. The Kier molecular flexibility index (Phi) is 7.70. The predicted molar refractivity (Wildman–Crippen MR) is 104 cm³/mol. The first-order valence-corrected chi connectivity index (χ1v) is 9.30. The Morgan fingerprint density at radius 1 is 1.15 bits per heavy atom. The number of carbonyl (C=O) groups excluding carboxylic acids is 2. The van der Waals surface area contributed by atoms with Gasteiger partial charge < -0.3 is 19.5 Å². The molecule has 0 aromatic heterocycles. The van der Waals surface area contributed by atoms with Crippen LogP contribution in [0.15, 0.2) is 24.3 Å². The van der Waals surface area contributed by atoms with Gasteiger partial charge in [-0.15, -0.1) is 0 Å². The van der Waals surface area contributed by atoms with E-state index < -0.39 is 5.97 Å². The average molecular weight is 375 g/mol. The lowest BCUT2D eigenvalue weighted by atomic mass is 9.78. The molecule has 27 heavy (non-hydrogen) atoms. The van der Waals surface area contributed by atoms with Crippen molar-refractivity contribution < 1.29 is 23.8 Å². The number of hydrogen-bond donors (Lipinski definition) is 1. The van der Waals surface area contributed by atoms with Crippen molar-refractivity contribution in [2.24, 2.45) is 11.8 Å². The molecular weight excluding hydrogens is 346 g/mol. The second-order valence-electron chi connectivity index (χ2n) is 7.00. The van der Waals surface area contributed by atoms with Gasteiger partial charge in [0.05, 0.1) is 14.2 Å². The Hall–Kier alpha value is -2.50. The van der Waals surface area contributed by atoms with E-state index in [1.165, 1.54) is 12.5 Å². The van der Waals surface area contributed by atoms with Crippen molar-refractivity contribution in [2.45, 2.75) is 39.2 Å². The van der Waals surface area contributed by atoms with Gasteiger partial charge in [-0.1, -0.05) is 32.8 Å². The van der Waals surface area contributed by atoms with E-state index >= 15 is 0 Å². The van der Waals surface area contributed by atoms with Crippen LogP contribution in [0, 0.1) is 11.8 Å². The number of amides is 1. The summed E-state index contributed by atoms with van der Waals surface area (Å²) in [6.45, 7) is 4.10. The Morgan fingerprint density at radius 3 is 2.59 bits per heavy atom. The minimum Gasteiger partial charge on any atom is -0.493 e. The van der Waals surface area contributed by atoms with Crippen LogP contribution in [-0.2, 0) is 14.3 Å². The number of rotatable bonds is 7. The Labute approximate surface area is 160 Å². The van der Waals surface area contributed by atoms with E-state index in [2.05, 4.69) is 19.2 Å². The molecule has 0 unspecified atom stereocenters. The standard InChI is InChI=1S/C21H29NO5/c1-14-6-5-7-17(15(14)2)22-20(23)13-27-21(24)11-9-16-8-10-18(25-3)19(12-16)26-4/h8-12,14-15,17H,5-7,13H2,1-4H3,(H,22,23)/b11-9+/t14-,15+,17-/m0/s1. The van der Waals surface area contributed by atoms with Gasteiger partial charge in [0.15, 0.2) is 18.1 Å². The van der Waals surface area contributed by atoms with Crippen LogP contribution < -0.4 is 14.8 Å². The summed E-state index contributed by atoms with van der Waals surface area (Å²) >= 11 is 0. The molecule has 0 bridgehead atoms. The molecule has 1 amide bonds. The topological polar surface area (TPSA) is 73.9 Å². The molecule has 1 aliphatic carbocycles. The van der Waals surface area contributed by atoms with Crippen molar-refractivity contribution in [3.63, 3.8) is 0 Å². The van der Waals surface area contributed by atoms with E-state index in [-0.39, 0.29) is 18.6 Å². The third kappa shape index (κ3) is 6.01. The van der Waals surface area contributed by atoms with E-state index in [0.29, 0.717) is 23.3 Å². The van der Waals surface area contributed by atoms with Crippen LogP contribution in [0.25, 0.3) is 6.08 Å². The normalized spacial score (nSPS) is 22.3. The molecule has 3 atom stereocenters. The highest BCUT2D eigenvalue weighted by molar-refractivity contribution is 5.89. The van der Waals surface area contributed by atoms with E-state index in [0.717, 1.165) is 18.4 Å². The average Bonchev–Trinajstić information content (AvgIpc) is 2.68. The minimum atomic E-state index is -0.565. The van der Waals surface area contributed by atoms with E-state index in [1.807, 2.05) is 0 Å². The quantitative estimate of drug-likeness (QED) is 0.585. The molecule has 0 spiro atoms. The fourth-order valence-corrected chi connectivity index (χ4v) is 3.34. The van der Waals surface area contributed by atoms with Gasteiger partial charge in [0, 0.05) is 12.1 Å². The molecule has 1 aromatic carbocycles. The summed E-state index contributed by atoms with van der Waals surface area (Å²) in [5, 5.41) is 2.99. The lowest BCUT2D eigenvalue weighted by Gasteiger charge is -2.34. The highest BCUT2D eigenvalue weighted by Crippen LogP contribution is 2.29. The highest BCUT2D eigenvalue weighted by atomic mass is 16.5. The molecular formula is C21H29NO5. The van der Waals surface area contributed by atoms with Gasteiger partial charge in [-0.3, -0.25) is 4.79 Å². The van der Waals surface area contributed by atoms with Crippen molar-refractivity contribution >= 4 is 18.0 Å². The molecule has 0 aliphatic heterocycles. The van der Waals surface area contributed by atoms with Gasteiger partial charge >= 0.3 is 5.97 Å². The molecule has 6 heteroatoms. The summed E-state index contributed by atoms with van der Waals surface area (Å²) in [7, 11) is 3.11. The fourth-order valence-electron chi connectivity index (χ4n) is 3.34. The monoisotopic (exact) mass is 375 g/mol. The van der Waals surface area contributed by atoms with Crippen molar-refractivity contribution in [3.05, 3.63) is 29.8 Å². The number of methoxy groups -OCH3 is 2. The summed E-state index contributed by atoms with van der Waals surface area (Å²) in [6.07, 6.45) is 6.19. The number of hydrogen-bond acceptors (Lipinski definition) is 5. The number of esters is 1. The van der Waals surface area contributed by atoms with E-state index in [1.54, 1.807) is 38.5 Å². The van der Waals surface area contributed by atoms with E-state index in [4.69, 9.17) is 14.2 Å². The minimum absolute atomic E-state index is 0.155. The molecule has 2 rings (SSSR count). The zero-order valence-electron chi connectivity index (χ0n) is 16.5. The van der Waals surface area contributed by atoms with Gasteiger partial charge in [0.1, 0.15) is 0 Å². The van der Waals surface area contributed by atoms with Crippen LogP contribution in [-0.4, -0.2) is 38.7 Å². The summed E-state index contributed by atoms with van der Waals surface area (Å²) in [6, 6.07) is 5.45. The summed E-state index contributed by atoms with van der Waals surface area (Å²) in [4.78, 5) is 23.9. The smallest absolute Gasteiger partial charge is 0.331 e. The molecule has 1 aromatic rings. The molecule has 1 N–H and O–H groups in total. The second-order valence-corrected chi connectivity index (χ2v) is 7.00. The molecule has 1 saturated carbocycles. The Morgan fingerprint density at radius 2 is 1.89 bits per heavy atom. The third-order valence-corrected chi connectivity index (χ3v) is 5.22. The number of ether oxygens (including phenoxy) is 3. The van der Waals surface area contributed by atoms with Gasteiger partial charge in [0.25, 0.3) is 5.91 Å². The molecule has 148 valence electrons. The zero-order chi connectivity index (χ0) is 19.8. The predicted octanol–water partition coefficient (Wildman–Crippen LogP) is 3.20. The maximum absolute atomic E-state index is 12.1. The number of carbonyl (C=O) groups is 2. The van der Waals surface area contributed by atoms with Crippen LogP contribution in [0.2, 0.25) is 0 Å². The summed E-state index contributed by atoms with van der Waals surface area (Å²) in [5.74, 6) is 1.39. The highest BCUT2D eigenvalue weighted by Gasteiger charge is 2.28. The molecule has 0 heterocycles.